The summed E-state index contributed by atoms with van der Waals surface area (Å²) in [5.41, 5.74) is 1.35. The summed E-state index contributed by atoms with van der Waals surface area (Å²) in [6.07, 6.45) is 4.13. The molecular formula is C17H26N2O. The van der Waals surface area contributed by atoms with E-state index in [4.69, 9.17) is 4.74 Å². The van der Waals surface area contributed by atoms with Gasteiger partial charge in [-0.2, -0.15) is 0 Å². The molecule has 1 aliphatic heterocycles. The van der Waals surface area contributed by atoms with Crippen molar-refractivity contribution in [1.82, 2.24) is 10.2 Å². The lowest BCUT2D eigenvalue weighted by Gasteiger charge is -2.21. The molecule has 2 atom stereocenters. The number of hydrogen-bond donors (Lipinski definition) is 1. The van der Waals surface area contributed by atoms with Crippen molar-refractivity contribution < 1.29 is 4.74 Å². The molecule has 3 nitrogen and oxygen atoms in total. The predicted octanol–water partition coefficient (Wildman–Crippen LogP) is 2.97. The fourth-order valence-corrected chi connectivity index (χ4v) is 3.16. The highest BCUT2D eigenvalue weighted by molar-refractivity contribution is 5.29. The van der Waals surface area contributed by atoms with Crippen LogP contribution in [0.4, 0.5) is 0 Å². The normalized spacial score (nSPS) is 24.8. The van der Waals surface area contributed by atoms with Gasteiger partial charge in [-0.25, -0.2) is 0 Å². The number of hydrogen-bond acceptors (Lipinski definition) is 3. The molecule has 0 radical (unpaired) electrons. The van der Waals surface area contributed by atoms with E-state index < -0.39 is 0 Å². The van der Waals surface area contributed by atoms with Gasteiger partial charge >= 0.3 is 0 Å². The molecule has 3 rings (SSSR count). The standard InChI is InChI=1S/C17H26N2O/c1-3-20-17-8-4-14(5-9-17)13(2)18-15-10-11-19(12-15)16-6-7-16/h4-5,8-9,13,15-16,18H,3,6-7,10-12H2,1-2H3. The van der Waals surface area contributed by atoms with Gasteiger partial charge in [-0.05, 0) is 50.8 Å². The Kier molecular flexibility index (Phi) is 4.27. The van der Waals surface area contributed by atoms with Crippen molar-refractivity contribution in [3.63, 3.8) is 0 Å². The fraction of sp³-hybridized carbons (Fsp3) is 0.647. The molecular weight excluding hydrogens is 248 g/mol. The summed E-state index contributed by atoms with van der Waals surface area (Å²) in [5, 5.41) is 3.78. The lowest BCUT2D eigenvalue weighted by Crippen LogP contribution is -2.34. The summed E-state index contributed by atoms with van der Waals surface area (Å²) >= 11 is 0. The van der Waals surface area contributed by atoms with Gasteiger partial charge in [-0.15, -0.1) is 0 Å². The van der Waals surface area contributed by atoms with Gasteiger partial charge in [0.25, 0.3) is 0 Å². The Hall–Kier alpha value is -1.06. The van der Waals surface area contributed by atoms with Crippen LogP contribution in [0.3, 0.4) is 0 Å². The van der Waals surface area contributed by atoms with Crippen LogP contribution in [0.5, 0.6) is 5.75 Å². The van der Waals surface area contributed by atoms with Crippen LogP contribution in [0.15, 0.2) is 24.3 Å². The van der Waals surface area contributed by atoms with Gasteiger partial charge in [0, 0.05) is 31.2 Å². The molecule has 1 aromatic carbocycles. The number of rotatable bonds is 6. The van der Waals surface area contributed by atoms with Crippen LogP contribution in [-0.2, 0) is 0 Å². The van der Waals surface area contributed by atoms with Crippen LogP contribution in [0.2, 0.25) is 0 Å². The van der Waals surface area contributed by atoms with Gasteiger partial charge in [-0.3, -0.25) is 4.90 Å². The molecule has 3 heteroatoms. The lowest BCUT2D eigenvalue weighted by molar-refractivity contribution is 0.313. The maximum Gasteiger partial charge on any atom is 0.119 e. The Bertz CT molecular complexity index is 427. The van der Waals surface area contributed by atoms with E-state index >= 15 is 0 Å². The molecule has 1 N–H and O–H groups in total. The number of nitrogens with zero attached hydrogens (tertiary/aromatic N) is 1. The molecule has 1 saturated heterocycles. The molecule has 0 bridgehead atoms. The largest absolute Gasteiger partial charge is 0.494 e. The monoisotopic (exact) mass is 274 g/mol. The van der Waals surface area contributed by atoms with Crippen molar-refractivity contribution >= 4 is 0 Å². The lowest BCUT2D eigenvalue weighted by atomic mass is 10.1. The van der Waals surface area contributed by atoms with E-state index in [-0.39, 0.29) is 0 Å². The zero-order chi connectivity index (χ0) is 13.9. The van der Waals surface area contributed by atoms with E-state index in [0.29, 0.717) is 12.1 Å². The Morgan fingerprint density at radius 1 is 1.25 bits per heavy atom. The van der Waals surface area contributed by atoms with Crippen molar-refractivity contribution in [1.29, 1.82) is 0 Å². The number of benzene rings is 1. The average molecular weight is 274 g/mol. The van der Waals surface area contributed by atoms with Crippen molar-refractivity contribution in [2.45, 2.75) is 51.2 Å². The number of likely N-dealkylation sites (tertiary alicyclic amines) is 1. The van der Waals surface area contributed by atoms with Gasteiger partial charge in [0.1, 0.15) is 5.75 Å². The Balaban J connectivity index is 1.51. The first-order valence-corrected chi connectivity index (χ1v) is 7.99. The number of nitrogens with one attached hydrogen (secondary N) is 1. The molecule has 1 heterocycles. The highest BCUT2D eigenvalue weighted by Gasteiger charge is 2.34. The van der Waals surface area contributed by atoms with E-state index in [1.165, 1.54) is 37.9 Å². The highest BCUT2D eigenvalue weighted by atomic mass is 16.5. The van der Waals surface area contributed by atoms with E-state index in [2.05, 4.69) is 41.4 Å². The maximum absolute atomic E-state index is 5.49. The second-order valence-corrected chi connectivity index (χ2v) is 6.10. The summed E-state index contributed by atoms with van der Waals surface area (Å²) in [6, 6.07) is 10.5. The second-order valence-electron chi connectivity index (χ2n) is 6.10. The maximum atomic E-state index is 5.49. The molecule has 0 aromatic heterocycles. The molecule has 0 amide bonds. The zero-order valence-electron chi connectivity index (χ0n) is 12.6. The molecule has 110 valence electrons. The van der Waals surface area contributed by atoms with Crippen molar-refractivity contribution in [3.8, 4) is 5.75 Å². The van der Waals surface area contributed by atoms with Gasteiger partial charge < -0.3 is 10.1 Å². The van der Waals surface area contributed by atoms with Crippen molar-refractivity contribution in [3.05, 3.63) is 29.8 Å². The quantitative estimate of drug-likeness (QED) is 0.863. The molecule has 1 aromatic rings. The minimum Gasteiger partial charge on any atom is -0.494 e. The SMILES string of the molecule is CCOc1ccc(C(C)NC2CCN(C3CC3)C2)cc1. The first kappa shape index (κ1) is 13.9. The summed E-state index contributed by atoms with van der Waals surface area (Å²) in [7, 11) is 0. The predicted molar refractivity (Wildman–Crippen MR) is 82.2 cm³/mol. The Morgan fingerprint density at radius 2 is 2.00 bits per heavy atom. The van der Waals surface area contributed by atoms with Crippen LogP contribution in [0, 0.1) is 0 Å². The molecule has 2 fully saturated rings. The minimum absolute atomic E-state index is 0.412. The van der Waals surface area contributed by atoms with Gasteiger partial charge in [-0.1, -0.05) is 12.1 Å². The summed E-state index contributed by atoms with van der Waals surface area (Å²) < 4.78 is 5.49. The Labute approximate surface area is 122 Å². The zero-order valence-corrected chi connectivity index (χ0v) is 12.6. The van der Waals surface area contributed by atoms with Crippen LogP contribution in [0.25, 0.3) is 0 Å². The first-order valence-electron chi connectivity index (χ1n) is 7.99. The minimum atomic E-state index is 0.412. The van der Waals surface area contributed by atoms with Crippen LogP contribution >= 0.6 is 0 Å². The summed E-state index contributed by atoms with van der Waals surface area (Å²) in [5.74, 6) is 0.962. The highest BCUT2D eigenvalue weighted by Crippen LogP contribution is 2.30. The van der Waals surface area contributed by atoms with E-state index in [9.17, 15) is 0 Å². The second kappa shape index (κ2) is 6.15. The summed E-state index contributed by atoms with van der Waals surface area (Å²) in [4.78, 5) is 2.66. The molecule has 2 unspecified atom stereocenters. The van der Waals surface area contributed by atoms with E-state index in [0.717, 1.165) is 18.4 Å². The third-order valence-corrected chi connectivity index (χ3v) is 4.46. The topological polar surface area (TPSA) is 24.5 Å². The molecule has 20 heavy (non-hydrogen) atoms. The third kappa shape index (κ3) is 3.33. The number of ether oxygens (including phenoxy) is 1. The molecule has 2 aliphatic rings. The molecule has 1 saturated carbocycles. The third-order valence-electron chi connectivity index (χ3n) is 4.46. The van der Waals surface area contributed by atoms with Crippen LogP contribution in [0.1, 0.15) is 44.7 Å². The van der Waals surface area contributed by atoms with Gasteiger partial charge in [0.15, 0.2) is 0 Å². The first-order chi connectivity index (χ1) is 9.76. The molecule has 1 aliphatic carbocycles. The van der Waals surface area contributed by atoms with Crippen molar-refractivity contribution in [2.75, 3.05) is 19.7 Å². The van der Waals surface area contributed by atoms with Crippen molar-refractivity contribution in [2.24, 2.45) is 0 Å². The molecule has 0 spiro atoms. The summed E-state index contributed by atoms with van der Waals surface area (Å²) in [6.45, 7) is 7.51. The van der Waals surface area contributed by atoms with Gasteiger partial charge in [0.2, 0.25) is 0 Å². The van der Waals surface area contributed by atoms with Crippen LogP contribution < -0.4 is 10.1 Å². The van der Waals surface area contributed by atoms with Crippen LogP contribution in [-0.4, -0.2) is 36.7 Å². The van der Waals surface area contributed by atoms with Gasteiger partial charge in [0.05, 0.1) is 6.61 Å². The Morgan fingerprint density at radius 3 is 2.65 bits per heavy atom. The van der Waals surface area contributed by atoms with E-state index in [1.54, 1.807) is 0 Å². The fourth-order valence-electron chi connectivity index (χ4n) is 3.16. The average Bonchev–Trinajstić information content (AvgIpc) is 3.21. The van der Waals surface area contributed by atoms with E-state index in [1.807, 2.05) is 6.92 Å². The smallest absolute Gasteiger partial charge is 0.119 e.